The lowest BCUT2D eigenvalue weighted by atomic mass is 10.2. The number of ketones is 1. The lowest BCUT2D eigenvalue weighted by molar-refractivity contribution is -0.131. The minimum atomic E-state index is -0.555. The smallest absolute Gasteiger partial charge is 0.227 e. The first kappa shape index (κ1) is 18.8. The van der Waals surface area contributed by atoms with Crippen LogP contribution < -0.4 is 0 Å². The summed E-state index contributed by atoms with van der Waals surface area (Å²) >= 11 is 1.37. The van der Waals surface area contributed by atoms with Gasteiger partial charge in [-0.3, -0.25) is 14.5 Å². The number of Topliss-reactive ketones (excluding diaryl/α,β-unsaturated/α-hetero) is 1. The minimum Gasteiger partial charge on any atom is -0.390 e. The van der Waals surface area contributed by atoms with Crippen LogP contribution in [0, 0.1) is 0 Å². The maximum atomic E-state index is 12.6. The van der Waals surface area contributed by atoms with Crippen LogP contribution >= 0.6 is 11.3 Å². The molecule has 1 atom stereocenters. The third kappa shape index (κ3) is 5.00. The number of aliphatic hydroxyl groups is 1. The molecule has 0 radical (unpaired) electrons. The number of β-amino-alcohol motifs (C(OH)–C–C–N with tert-alkyl or cyclic N) is 1. The Labute approximate surface area is 157 Å². The maximum absolute atomic E-state index is 12.6. The molecular weight excluding hydrogens is 348 g/mol. The van der Waals surface area contributed by atoms with Crippen LogP contribution in [-0.2, 0) is 17.8 Å². The van der Waals surface area contributed by atoms with Gasteiger partial charge in [-0.2, -0.15) is 0 Å². The summed E-state index contributed by atoms with van der Waals surface area (Å²) in [5.41, 5.74) is 2.07. The molecule has 6 heteroatoms. The average Bonchev–Trinajstić information content (AvgIpc) is 2.99. The zero-order valence-corrected chi connectivity index (χ0v) is 15.7. The van der Waals surface area contributed by atoms with Crippen LogP contribution in [0.4, 0.5) is 0 Å². The highest BCUT2D eigenvalue weighted by molar-refractivity contribution is 7.12. The molecule has 0 saturated carbocycles. The molecule has 1 amide bonds. The van der Waals surface area contributed by atoms with E-state index in [2.05, 4.69) is 17.0 Å². The van der Waals surface area contributed by atoms with Crippen molar-refractivity contribution in [1.82, 2.24) is 9.80 Å². The van der Waals surface area contributed by atoms with Crippen LogP contribution in [-0.4, -0.2) is 58.9 Å². The van der Waals surface area contributed by atoms with Crippen molar-refractivity contribution in [2.24, 2.45) is 0 Å². The number of carbonyl (C=O) groups excluding carboxylic acids is 2. The lowest BCUT2D eigenvalue weighted by Gasteiger charge is -2.21. The largest absolute Gasteiger partial charge is 0.390 e. The van der Waals surface area contributed by atoms with Crippen LogP contribution in [0.2, 0.25) is 0 Å². The molecule has 0 unspecified atom stereocenters. The van der Waals surface area contributed by atoms with E-state index in [0.717, 1.165) is 18.7 Å². The molecule has 0 spiro atoms. The fourth-order valence-corrected chi connectivity index (χ4v) is 4.02. The summed E-state index contributed by atoms with van der Waals surface area (Å²) in [6, 6.07) is 11.9. The Hall–Kier alpha value is -2.02. The summed E-state index contributed by atoms with van der Waals surface area (Å²) in [5, 5.41) is 12.2. The standard InChI is InChI=1S/C20H24N2O3S/c1-15(23)19-9-17(14-26-19)10-20(25)22-8-7-21(12-18(24)13-22)11-16-5-3-2-4-6-16/h2-6,9,14,18,24H,7-8,10-13H2,1H3/t18-/m1/s1. The van der Waals surface area contributed by atoms with Gasteiger partial charge in [-0.1, -0.05) is 30.3 Å². The Morgan fingerprint density at radius 2 is 1.92 bits per heavy atom. The summed E-state index contributed by atoms with van der Waals surface area (Å²) in [4.78, 5) is 28.6. The molecular formula is C20H24N2O3S. The molecule has 3 rings (SSSR count). The predicted molar refractivity (Wildman–Crippen MR) is 102 cm³/mol. The van der Waals surface area contributed by atoms with E-state index in [1.54, 1.807) is 11.0 Å². The van der Waals surface area contributed by atoms with E-state index >= 15 is 0 Å². The third-order valence-corrected chi connectivity index (χ3v) is 5.62. The first-order valence-electron chi connectivity index (χ1n) is 8.81. The van der Waals surface area contributed by atoms with E-state index in [-0.39, 0.29) is 18.1 Å². The molecule has 1 aromatic heterocycles. The summed E-state index contributed by atoms with van der Waals surface area (Å²) in [7, 11) is 0. The van der Waals surface area contributed by atoms with E-state index in [9.17, 15) is 14.7 Å². The fraction of sp³-hybridized carbons (Fsp3) is 0.400. The van der Waals surface area contributed by atoms with E-state index in [1.807, 2.05) is 23.6 Å². The lowest BCUT2D eigenvalue weighted by Crippen LogP contribution is -2.38. The second-order valence-corrected chi connectivity index (χ2v) is 7.68. The number of thiophene rings is 1. The summed E-state index contributed by atoms with van der Waals surface area (Å²) in [5.74, 6) is 0.0222. The number of carbonyl (C=O) groups is 2. The van der Waals surface area contributed by atoms with Crippen molar-refractivity contribution in [1.29, 1.82) is 0 Å². The molecule has 1 aliphatic rings. The van der Waals surface area contributed by atoms with Gasteiger partial charge in [-0.05, 0) is 29.5 Å². The van der Waals surface area contributed by atoms with Crippen molar-refractivity contribution in [3.05, 3.63) is 57.8 Å². The van der Waals surface area contributed by atoms with Gasteiger partial charge < -0.3 is 10.0 Å². The Balaban J connectivity index is 1.58. The number of hydrogen-bond donors (Lipinski definition) is 1. The van der Waals surface area contributed by atoms with Crippen molar-refractivity contribution >= 4 is 23.0 Å². The molecule has 138 valence electrons. The van der Waals surface area contributed by atoms with Gasteiger partial charge in [0.15, 0.2) is 5.78 Å². The zero-order chi connectivity index (χ0) is 18.5. The van der Waals surface area contributed by atoms with Crippen LogP contribution in [0.25, 0.3) is 0 Å². The van der Waals surface area contributed by atoms with Gasteiger partial charge in [0.2, 0.25) is 5.91 Å². The average molecular weight is 372 g/mol. The molecule has 1 aliphatic heterocycles. The van der Waals surface area contributed by atoms with Crippen molar-refractivity contribution < 1.29 is 14.7 Å². The topological polar surface area (TPSA) is 60.9 Å². The van der Waals surface area contributed by atoms with Gasteiger partial charge in [-0.25, -0.2) is 0 Å². The summed E-state index contributed by atoms with van der Waals surface area (Å²) in [6.45, 7) is 4.56. The van der Waals surface area contributed by atoms with Crippen LogP contribution in [0.1, 0.15) is 27.7 Å². The molecule has 5 nitrogen and oxygen atoms in total. The van der Waals surface area contributed by atoms with Crippen LogP contribution in [0.5, 0.6) is 0 Å². The molecule has 0 aliphatic carbocycles. The first-order valence-corrected chi connectivity index (χ1v) is 9.69. The molecule has 1 N–H and O–H groups in total. The van der Waals surface area contributed by atoms with Gasteiger partial charge in [0.1, 0.15) is 0 Å². The number of rotatable bonds is 5. The SMILES string of the molecule is CC(=O)c1cc(CC(=O)N2CCN(Cc3ccccc3)C[C@@H](O)C2)cs1. The Kier molecular flexibility index (Phi) is 6.19. The van der Waals surface area contributed by atoms with E-state index in [4.69, 9.17) is 0 Å². The molecule has 26 heavy (non-hydrogen) atoms. The highest BCUT2D eigenvalue weighted by atomic mass is 32.1. The van der Waals surface area contributed by atoms with Gasteiger partial charge in [0.05, 0.1) is 17.4 Å². The van der Waals surface area contributed by atoms with Gasteiger partial charge in [-0.15, -0.1) is 11.3 Å². The van der Waals surface area contributed by atoms with Crippen molar-refractivity contribution in [3.63, 3.8) is 0 Å². The van der Waals surface area contributed by atoms with Gasteiger partial charge in [0, 0.05) is 32.7 Å². The monoisotopic (exact) mass is 372 g/mol. The molecule has 0 bridgehead atoms. The maximum Gasteiger partial charge on any atom is 0.227 e. The second kappa shape index (κ2) is 8.58. The quantitative estimate of drug-likeness (QED) is 0.818. The number of nitrogens with zero attached hydrogens (tertiary/aromatic N) is 2. The Morgan fingerprint density at radius 3 is 2.62 bits per heavy atom. The Morgan fingerprint density at radius 1 is 1.15 bits per heavy atom. The van der Waals surface area contributed by atoms with Crippen LogP contribution in [0.15, 0.2) is 41.8 Å². The van der Waals surface area contributed by atoms with Gasteiger partial charge in [0.25, 0.3) is 0 Å². The normalized spacial score (nSPS) is 18.5. The van der Waals surface area contributed by atoms with Gasteiger partial charge >= 0.3 is 0 Å². The molecule has 2 heterocycles. The molecule has 1 fully saturated rings. The number of benzene rings is 1. The molecule has 1 saturated heterocycles. The number of aliphatic hydroxyl groups excluding tert-OH is 1. The highest BCUT2D eigenvalue weighted by Crippen LogP contribution is 2.17. The molecule has 1 aromatic carbocycles. The van der Waals surface area contributed by atoms with Crippen molar-refractivity contribution in [2.45, 2.75) is 26.0 Å². The van der Waals surface area contributed by atoms with Crippen molar-refractivity contribution in [3.8, 4) is 0 Å². The third-order valence-electron chi connectivity index (χ3n) is 4.54. The van der Waals surface area contributed by atoms with E-state index in [1.165, 1.54) is 23.8 Å². The highest BCUT2D eigenvalue weighted by Gasteiger charge is 2.24. The Bertz CT molecular complexity index is 759. The van der Waals surface area contributed by atoms with Crippen LogP contribution in [0.3, 0.4) is 0 Å². The number of amides is 1. The van der Waals surface area contributed by atoms with E-state index in [0.29, 0.717) is 24.5 Å². The minimum absolute atomic E-state index is 0.00138. The summed E-state index contributed by atoms with van der Waals surface area (Å²) < 4.78 is 0. The fourth-order valence-electron chi connectivity index (χ4n) is 3.21. The zero-order valence-electron chi connectivity index (χ0n) is 14.9. The van der Waals surface area contributed by atoms with E-state index < -0.39 is 6.10 Å². The number of hydrogen-bond acceptors (Lipinski definition) is 5. The first-order chi connectivity index (χ1) is 12.5. The molecule has 2 aromatic rings. The van der Waals surface area contributed by atoms with Crippen molar-refractivity contribution in [2.75, 3.05) is 26.2 Å². The summed E-state index contributed by atoms with van der Waals surface area (Å²) in [6.07, 6.45) is -0.282. The predicted octanol–water partition coefficient (Wildman–Crippen LogP) is 2.20. The second-order valence-electron chi connectivity index (χ2n) is 6.77.